The summed E-state index contributed by atoms with van der Waals surface area (Å²) in [6.07, 6.45) is 1.32. The topological polar surface area (TPSA) is 72.6 Å². The molecular formula is C11H13NO4. The minimum atomic E-state index is -1.20. The van der Waals surface area contributed by atoms with Gasteiger partial charge in [-0.25, -0.2) is 0 Å². The average molecular weight is 223 g/mol. The molecule has 0 spiro atoms. The lowest BCUT2D eigenvalue weighted by Crippen LogP contribution is -2.29. The molecule has 5 heteroatoms. The van der Waals surface area contributed by atoms with Crippen LogP contribution in [0.15, 0.2) is 36.9 Å². The van der Waals surface area contributed by atoms with Gasteiger partial charge in [0.2, 0.25) is 0 Å². The van der Waals surface area contributed by atoms with Gasteiger partial charge in [0.1, 0.15) is 12.2 Å². The largest absolute Gasteiger partial charge is 0.483 e. The van der Waals surface area contributed by atoms with E-state index in [-0.39, 0.29) is 18.0 Å². The van der Waals surface area contributed by atoms with Crippen LogP contribution in [0.3, 0.4) is 0 Å². The highest BCUT2D eigenvalue weighted by molar-refractivity contribution is 5.45. The van der Waals surface area contributed by atoms with Crippen LogP contribution < -0.4 is 4.74 Å². The van der Waals surface area contributed by atoms with Gasteiger partial charge in [-0.05, 0) is 13.0 Å². The Morgan fingerprint density at radius 1 is 1.62 bits per heavy atom. The van der Waals surface area contributed by atoms with Crippen molar-refractivity contribution in [1.29, 1.82) is 0 Å². The second-order valence-electron chi connectivity index (χ2n) is 3.57. The molecule has 0 aromatic heterocycles. The van der Waals surface area contributed by atoms with Gasteiger partial charge in [0.05, 0.1) is 4.92 Å². The molecule has 0 aliphatic rings. The normalized spacial score (nSPS) is 13.9. The van der Waals surface area contributed by atoms with Gasteiger partial charge in [0.15, 0.2) is 5.75 Å². The Morgan fingerprint density at radius 3 is 2.81 bits per heavy atom. The summed E-state index contributed by atoms with van der Waals surface area (Å²) in [7, 11) is 0. The van der Waals surface area contributed by atoms with Crippen LogP contribution in [-0.2, 0) is 0 Å². The zero-order valence-corrected chi connectivity index (χ0v) is 8.92. The Labute approximate surface area is 93.1 Å². The lowest BCUT2D eigenvalue weighted by Gasteiger charge is -2.18. The second-order valence-corrected chi connectivity index (χ2v) is 3.57. The number of rotatable bonds is 5. The zero-order chi connectivity index (χ0) is 12.2. The van der Waals surface area contributed by atoms with Gasteiger partial charge in [0.25, 0.3) is 0 Å². The van der Waals surface area contributed by atoms with Crippen molar-refractivity contribution in [3.05, 3.63) is 47.0 Å². The molecule has 0 radical (unpaired) electrons. The summed E-state index contributed by atoms with van der Waals surface area (Å²) in [5.74, 6) is 0.134. The maximum atomic E-state index is 10.7. The third kappa shape index (κ3) is 3.06. The molecule has 1 aromatic carbocycles. The first-order valence-electron chi connectivity index (χ1n) is 4.68. The van der Waals surface area contributed by atoms with Crippen LogP contribution in [0, 0.1) is 10.1 Å². The van der Waals surface area contributed by atoms with E-state index < -0.39 is 10.5 Å². The Hall–Kier alpha value is -1.88. The number of nitro groups is 1. The number of hydrogen-bond donors (Lipinski definition) is 1. The van der Waals surface area contributed by atoms with Crippen LogP contribution in [0.4, 0.5) is 5.69 Å². The molecule has 0 saturated heterocycles. The summed E-state index contributed by atoms with van der Waals surface area (Å²) in [5, 5.41) is 20.3. The van der Waals surface area contributed by atoms with E-state index >= 15 is 0 Å². The van der Waals surface area contributed by atoms with Crippen LogP contribution in [0.5, 0.6) is 5.75 Å². The van der Waals surface area contributed by atoms with Gasteiger partial charge in [-0.15, -0.1) is 6.58 Å². The Bertz CT molecular complexity index is 401. The first kappa shape index (κ1) is 12.2. The Morgan fingerprint density at radius 2 is 2.25 bits per heavy atom. The van der Waals surface area contributed by atoms with Crippen molar-refractivity contribution in [2.75, 3.05) is 6.61 Å². The van der Waals surface area contributed by atoms with Gasteiger partial charge in [-0.2, -0.15) is 0 Å². The molecule has 16 heavy (non-hydrogen) atoms. The first-order chi connectivity index (χ1) is 7.46. The van der Waals surface area contributed by atoms with Crippen molar-refractivity contribution in [3.63, 3.8) is 0 Å². The molecule has 1 unspecified atom stereocenters. The minimum Gasteiger partial charge on any atom is -0.483 e. The smallest absolute Gasteiger partial charge is 0.310 e. The molecule has 1 atom stereocenters. The highest BCUT2D eigenvalue weighted by Crippen LogP contribution is 2.26. The lowest BCUT2D eigenvalue weighted by molar-refractivity contribution is -0.386. The Balaban J connectivity index is 2.82. The fourth-order valence-corrected chi connectivity index (χ4v) is 1.01. The predicted molar refractivity (Wildman–Crippen MR) is 59.4 cm³/mol. The van der Waals surface area contributed by atoms with E-state index in [4.69, 9.17) is 4.74 Å². The number of benzene rings is 1. The SMILES string of the molecule is C=CC(C)(O)COc1ccccc1[N+](=O)[O-]. The van der Waals surface area contributed by atoms with E-state index in [1.165, 1.54) is 25.1 Å². The highest BCUT2D eigenvalue weighted by Gasteiger charge is 2.20. The van der Waals surface area contributed by atoms with E-state index in [0.29, 0.717) is 0 Å². The van der Waals surface area contributed by atoms with Crippen LogP contribution in [-0.4, -0.2) is 22.2 Å². The summed E-state index contributed by atoms with van der Waals surface area (Å²) in [6, 6.07) is 6.01. The molecular weight excluding hydrogens is 210 g/mol. The van der Waals surface area contributed by atoms with Crippen molar-refractivity contribution in [1.82, 2.24) is 0 Å². The quantitative estimate of drug-likeness (QED) is 0.470. The van der Waals surface area contributed by atoms with Gasteiger partial charge in [0, 0.05) is 6.07 Å². The van der Waals surface area contributed by atoms with E-state index in [9.17, 15) is 15.2 Å². The van der Waals surface area contributed by atoms with Gasteiger partial charge < -0.3 is 9.84 Å². The highest BCUT2D eigenvalue weighted by atomic mass is 16.6. The van der Waals surface area contributed by atoms with Gasteiger partial charge in [-0.1, -0.05) is 18.2 Å². The molecule has 0 fully saturated rings. The van der Waals surface area contributed by atoms with E-state index in [1.54, 1.807) is 12.1 Å². The molecule has 86 valence electrons. The molecule has 0 aliphatic carbocycles. The first-order valence-corrected chi connectivity index (χ1v) is 4.68. The third-order valence-corrected chi connectivity index (χ3v) is 2.02. The van der Waals surface area contributed by atoms with Crippen LogP contribution in [0.25, 0.3) is 0 Å². The number of aliphatic hydroxyl groups is 1. The maximum Gasteiger partial charge on any atom is 0.310 e. The molecule has 1 rings (SSSR count). The van der Waals surface area contributed by atoms with Crippen LogP contribution >= 0.6 is 0 Å². The zero-order valence-electron chi connectivity index (χ0n) is 8.92. The van der Waals surface area contributed by atoms with Crippen molar-refractivity contribution in [2.45, 2.75) is 12.5 Å². The summed E-state index contributed by atoms with van der Waals surface area (Å²) in [5.41, 5.74) is -1.33. The second kappa shape index (κ2) is 4.76. The predicted octanol–water partition coefficient (Wildman–Crippen LogP) is 1.91. The molecule has 1 N–H and O–H groups in total. The molecule has 0 heterocycles. The van der Waals surface area contributed by atoms with Gasteiger partial charge >= 0.3 is 5.69 Å². The van der Waals surface area contributed by atoms with Gasteiger partial charge in [-0.3, -0.25) is 10.1 Å². The van der Waals surface area contributed by atoms with Crippen molar-refractivity contribution >= 4 is 5.69 Å². The number of hydrogen-bond acceptors (Lipinski definition) is 4. The number of nitro benzene ring substituents is 1. The number of nitrogens with zero attached hydrogens (tertiary/aromatic N) is 1. The van der Waals surface area contributed by atoms with E-state index in [1.807, 2.05) is 0 Å². The average Bonchev–Trinajstić information content (AvgIpc) is 2.27. The standard InChI is InChI=1S/C11H13NO4/c1-3-11(2,13)8-16-10-7-5-4-6-9(10)12(14)15/h3-7,13H,1,8H2,2H3. The molecule has 1 aromatic rings. The number of para-hydroxylation sites is 2. The van der Waals surface area contributed by atoms with E-state index in [2.05, 4.69) is 6.58 Å². The maximum absolute atomic E-state index is 10.7. The van der Waals surface area contributed by atoms with E-state index in [0.717, 1.165) is 0 Å². The number of ether oxygens (including phenoxy) is 1. The molecule has 0 aliphatic heterocycles. The summed E-state index contributed by atoms with van der Waals surface area (Å²) in [6.45, 7) is 4.87. The lowest BCUT2D eigenvalue weighted by atomic mass is 10.1. The minimum absolute atomic E-state index is 0.0820. The van der Waals surface area contributed by atoms with Crippen molar-refractivity contribution < 1.29 is 14.8 Å². The van der Waals surface area contributed by atoms with Crippen molar-refractivity contribution in [2.24, 2.45) is 0 Å². The molecule has 5 nitrogen and oxygen atoms in total. The summed E-state index contributed by atoms with van der Waals surface area (Å²) in [4.78, 5) is 10.1. The fourth-order valence-electron chi connectivity index (χ4n) is 1.01. The fraction of sp³-hybridized carbons (Fsp3) is 0.273. The monoisotopic (exact) mass is 223 g/mol. The third-order valence-electron chi connectivity index (χ3n) is 2.02. The van der Waals surface area contributed by atoms with Crippen LogP contribution in [0.1, 0.15) is 6.92 Å². The molecule has 0 saturated carbocycles. The molecule has 0 bridgehead atoms. The molecule has 0 amide bonds. The summed E-state index contributed by atoms with van der Waals surface area (Å²) < 4.78 is 5.19. The Kier molecular flexibility index (Phi) is 3.63. The van der Waals surface area contributed by atoms with Crippen LogP contribution in [0.2, 0.25) is 0 Å². The summed E-state index contributed by atoms with van der Waals surface area (Å²) >= 11 is 0. The van der Waals surface area contributed by atoms with Crippen molar-refractivity contribution in [3.8, 4) is 5.75 Å².